The molecule has 0 N–H and O–H groups in total. The van der Waals surface area contributed by atoms with Crippen LogP contribution in [0.2, 0.25) is 0 Å². The van der Waals surface area contributed by atoms with Gasteiger partial charge in [0.25, 0.3) is 0 Å². The lowest BCUT2D eigenvalue weighted by Gasteiger charge is -2.13. The molecule has 1 aliphatic heterocycles. The first-order chi connectivity index (χ1) is 6.43. The Hall–Kier alpha value is -0.640. The highest BCUT2D eigenvalue weighted by Gasteiger charge is 2.36. The average Bonchev–Trinajstić information content (AvgIpc) is 2.72. The van der Waals surface area contributed by atoms with Crippen LogP contribution in [0.15, 0.2) is 6.33 Å². The Kier molecular flexibility index (Phi) is 1.75. The number of hydrogen-bond donors (Lipinski definition) is 0. The van der Waals surface area contributed by atoms with E-state index in [0.717, 1.165) is 17.0 Å². The van der Waals surface area contributed by atoms with E-state index < -0.39 is 0 Å². The Labute approximate surface area is 82.0 Å². The molecular formula is C9H13N3S. The Bertz CT molecular complexity index is 281. The minimum Gasteiger partial charge on any atom is -0.347 e. The summed E-state index contributed by atoms with van der Waals surface area (Å²) in [6, 6.07) is 0. The van der Waals surface area contributed by atoms with Gasteiger partial charge in [-0.3, -0.25) is 0 Å². The Morgan fingerprint density at radius 2 is 2.23 bits per heavy atom. The van der Waals surface area contributed by atoms with Gasteiger partial charge < -0.3 is 4.90 Å². The molecule has 3 nitrogen and oxygen atoms in total. The van der Waals surface area contributed by atoms with Crippen molar-refractivity contribution in [3.05, 3.63) is 6.33 Å². The standard InChI is InChI=1S/C9H13N3S/c1-2-7(1)8-3-4-12(5-8)9-10-6-11-13-9/h6-8H,1-5H2. The monoisotopic (exact) mass is 195 g/mol. The number of nitrogens with zero attached hydrogens (tertiary/aromatic N) is 3. The molecule has 2 heterocycles. The number of hydrogen-bond acceptors (Lipinski definition) is 4. The molecule has 0 radical (unpaired) electrons. The van der Waals surface area contributed by atoms with Crippen LogP contribution in [0.4, 0.5) is 5.13 Å². The van der Waals surface area contributed by atoms with Crippen molar-refractivity contribution in [1.29, 1.82) is 0 Å². The average molecular weight is 195 g/mol. The molecule has 1 saturated carbocycles. The van der Waals surface area contributed by atoms with Crippen LogP contribution in [-0.2, 0) is 0 Å². The maximum atomic E-state index is 4.25. The molecule has 70 valence electrons. The predicted molar refractivity (Wildman–Crippen MR) is 53.0 cm³/mol. The summed E-state index contributed by atoms with van der Waals surface area (Å²) in [7, 11) is 0. The molecule has 0 amide bonds. The Morgan fingerprint density at radius 3 is 2.92 bits per heavy atom. The molecule has 1 atom stereocenters. The van der Waals surface area contributed by atoms with Crippen LogP contribution in [0.3, 0.4) is 0 Å². The van der Waals surface area contributed by atoms with Crippen molar-refractivity contribution in [3.8, 4) is 0 Å². The van der Waals surface area contributed by atoms with Gasteiger partial charge in [0, 0.05) is 24.6 Å². The van der Waals surface area contributed by atoms with Crippen LogP contribution in [0.25, 0.3) is 0 Å². The normalized spacial score (nSPS) is 28.3. The molecule has 13 heavy (non-hydrogen) atoms. The summed E-state index contributed by atoms with van der Waals surface area (Å²) in [6.07, 6.45) is 5.96. The van der Waals surface area contributed by atoms with Crippen LogP contribution >= 0.6 is 11.5 Å². The second-order valence-electron chi connectivity index (χ2n) is 4.06. The minimum atomic E-state index is 0.948. The zero-order valence-electron chi connectivity index (χ0n) is 7.52. The van der Waals surface area contributed by atoms with E-state index in [1.54, 1.807) is 6.33 Å². The van der Waals surface area contributed by atoms with E-state index in [4.69, 9.17) is 0 Å². The topological polar surface area (TPSA) is 29.0 Å². The summed E-state index contributed by atoms with van der Waals surface area (Å²) in [5, 5.41) is 1.11. The first-order valence-corrected chi connectivity index (χ1v) is 5.72. The summed E-state index contributed by atoms with van der Waals surface area (Å²) >= 11 is 1.52. The van der Waals surface area contributed by atoms with Crippen molar-refractivity contribution in [2.75, 3.05) is 18.0 Å². The fourth-order valence-corrected chi connectivity index (χ4v) is 2.78. The predicted octanol–water partition coefficient (Wildman–Crippen LogP) is 1.77. The maximum absolute atomic E-state index is 4.25. The molecule has 1 saturated heterocycles. The second kappa shape index (κ2) is 2.94. The Balaban J connectivity index is 1.68. The molecule has 1 aliphatic carbocycles. The molecule has 3 rings (SSSR count). The number of anilines is 1. The summed E-state index contributed by atoms with van der Waals surface area (Å²) in [4.78, 5) is 6.64. The van der Waals surface area contributed by atoms with Gasteiger partial charge in [-0.05, 0) is 31.1 Å². The second-order valence-corrected chi connectivity index (χ2v) is 4.81. The van der Waals surface area contributed by atoms with Crippen molar-refractivity contribution < 1.29 is 0 Å². The van der Waals surface area contributed by atoms with Crippen molar-refractivity contribution in [2.45, 2.75) is 19.3 Å². The fourth-order valence-electron chi connectivity index (χ4n) is 2.22. The van der Waals surface area contributed by atoms with E-state index >= 15 is 0 Å². The highest BCUT2D eigenvalue weighted by atomic mass is 32.1. The van der Waals surface area contributed by atoms with Crippen molar-refractivity contribution in [3.63, 3.8) is 0 Å². The Morgan fingerprint density at radius 1 is 1.31 bits per heavy atom. The third-order valence-corrected chi connectivity index (χ3v) is 3.86. The van der Waals surface area contributed by atoms with Gasteiger partial charge in [-0.1, -0.05) is 0 Å². The van der Waals surface area contributed by atoms with E-state index in [9.17, 15) is 0 Å². The minimum absolute atomic E-state index is 0.948. The molecule has 0 aromatic carbocycles. The van der Waals surface area contributed by atoms with Gasteiger partial charge in [0.1, 0.15) is 6.33 Å². The summed E-state index contributed by atoms with van der Waals surface area (Å²) in [5.41, 5.74) is 0. The van der Waals surface area contributed by atoms with Crippen LogP contribution < -0.4 is 4.90 Å². The van der Waals surface area contributed by atoms with Gasteiger partial charge in [0.2, 0.25) is 5.13 Å². The lowest BCUT2D eigenvalue weighted by Crippen LogP contribution is -2.19. The number of rotatable bonds is 2. The molecule has 0 bridgehead atoms. The lowest BCUT2D eigenvalue weighted by molar-refractivity contribution is 0.514. The van der Waals surface area contributed by atoms with Gasteiger partial charge in [-0.25, -0.2) is 4.98 Å². The van der Waals surface area contributed by atoms with Gasteiger partial charge in [0.05, 0.1) is 0 Å². The molecule has 2 aliphatic rings. The highest BCUT2D eigenvalue weighted by Crippen LogP contribution is 2.42. The third kappa shape index (κ3) is 1.43. The first kappa shape index (κ1) is 7.74. The maximum Gasteiger partial charge on any atom is 0.204 e. The highest BCUT2D eigenvalue weighted by molar-refractivity contribution is 7.09. The van der Waals surface area contributed by atoms with Gasteiger partial charge in [-0.15, -0.1) is 0 Å². The lowest BCUT2D eigenvalue weighted by atomic mass is 10.0. The van der Waals surface area contributed by atoms with Crippen molar-refractivity contribution >= 4 is 16.7 Å². The van der Waals surface area contributed by atoms with Gasteiger partial charge in [-0.2, -0.15) is 4.37 Å². The molecule has 0 spiro atoms. The van der Waals surface area contributed by atoms with Gasteiger partial charge >= 0.3 is 0 Å². The molecule has 4 heteroatoms. The van der Waals surface area contributed by atoms with Crippen molar-refractivity contribution in [1.82, 2.24) is 9.36 Å². The quantitative estimate of drug-likeness (QED) is 0.720. The molecule has 2 fully saturated rings. The van der Waals surface area contributed by atoms with E-state index in [2.05, 4.69) is 14.3 Å². The van der Waals surface area contributed by atoms with E-state index in [0.29, 0.717) is 0 Å². The zero-order chi connectivity index (χ0) is 8.67. The number of aromatic nitrogens is 2. The SMILES string of the molecule is c1nsc(N2CCC(C3CC3)C2)n1. The zero-order valence-corrected chi connectivity index (χ0v) is 8.33. The van der Waals surface area contributed by atoms with Crippen molar-refractivity contribution in [2.24, 2.45) is 11.8 Å². The van der Waals surface area contributed by atoms with E-state index in [1.165, 1.54) is 43.9 Å². The van der Waals surface area contributed by atoms with E-state index in [-0.39, 0.29) is 0 Å². The van der Waals surface area contributed by atoms with Crippen LogP contribution in [-0.4, -0.2) is 22.4 Å². The van der Waals surface area contributed by atoms with Gasteiger partial charge in [0.15, 0.2) is 0 Å². The molecule has 1 aromatic rings. The fraction of sp³-hybridized carbons (Fsp3) is 0.778. The summed E-state index contributed by atoms with van der Waals surface area (Å²) < 4.78 is 4.04. The third-order valence-electron chi connectivity index (χ3n) is 3.13. The molecule has 1 aromatic heterocycles. The molecular weight excluding hydrogens is 182 g/mol. The first-order valence-electron chi connectivity index (χ1n) is 4.95. The summed E-state index contributed by atoms with van der Waals surface area (Å²) in [5.74, 6) is 1.99. The largest absolute Gasteiger partial charge is 0.347 e. The molecule has 1 unspecified atom stereocenters. The van der Waals surface area contributed by atoms with Crippen LogP contribution in [0.5, 0.6) is 0 Å². The smallest absolute Gasteiger partial charge is 0.204 e. The summed E-state index contributed by atoms with van der Waals surface area (Å²) in [6.45, 7) is 2.41. The van der Waals surface area contributed by atoms with Crippen LogP contribution in [0, 0.1) is 11.8 Å². The van der Waals surface area contributed by atoms with Crippen LogP contribution in [0.1, 0.15) is 19.3 Å². The van der Waals surface area contributed by atoms with E-state index in [1.807, 2.05) is 0 Å².